The van der Waals surface area contributed by atoms with Crippen LogP contribution in [0.2, 0.25) is 0 Å². The lowest BCUT2D eigenvalue weighted by Gasteiger charge is -2.15. The summed E-state index contributed by atoms with van der Waals surface area (Å²) in [7, 11) is 0. The molecule has 0 aliphatic rings. The van der Waals surface area contributed by atoms with Gasteiger partial charge in [0.2, 0.25) is 0 Å². The molecule has 0 saturated carbocycles. The molecule has 0 spiro atoms. The molecule has 0 amide bonds. The normalized spacial score (nSPS) is 12.3. The topological polar surface area (TPSA) is 35.2 Å². The molecule has 1 unspecified atom stereocenters. The van der Waals surface area contributed by atoms with Crippen LogP contribution in [-0.4, -0.2) is 13.2 Å². The SMILES string of the molecule is CCOC(CN)c1ccc(-c2ccccc2)cc1. The van der Waals surface area contributed by atoms with Gasteiger partial charge in [0.15, 0.2) is 0 Å². The van der Waals surface area contributed by atoms with Gasteiger partial charge in [0.25, 0.3) is 0 Å². The van der Waals surface area contributed by atoms with E-state index < -0.39 is 0 Å². The molecule has 0 aliphatic heterocycles. The quantitative estimate of drug-likeness (QED) is 0.870. The smallest absolute Gasteiger partial charge is 0.0946 e. The number of hydrogen-bond acceptors (Lipinski definition) is 2. The average molecular weight is 241 g/mol. The highest BCUT2D eigenvalue weighted by molar-refractivity contribution is 5.63. The van der Waals surface area contributed by atoms with Gasteiger partial charge in [-0.2, -0.15) is 0 Å². The van der Waals surface area contributed by atoms with Gasteiger partial charge in [0.05, 0.1) is 6.10 Å². The molecule has 0 aliphatic carbocycles. The molecule has 0 radical (unpaired) electrons. The van der Waals surface area contributed by atoms with E-state index in [0.717, 1.165) is 5.56 Å². The van der Waals surface area contributed by atoms with Crippen molar-refractivity contribution in [3.05, 3.63) is 60.2 Å². The van der Waals surface area contributed by atoms with E-state index in [2.05, 4.69) is 36.4 Å². The first-order chi connectivity index (χ1) is 8.85. The molecule has 94 valence electrons. The fourth-order valence-corrected chi connectivity index (χ4v) is 2.02. The molecule has 0 aromatic heterocycles. The summed E-state index contributed by atoms with van der Waals surface area (Å²) < 4.78 is 5.60. The maximum absolute atomic E-state index is 5.72. The van der Waals surface area contributed by atoms with Crippen molar-refractivity contribution in [1.29, 1.82) is 0 Å². The van der Waals surface area contributed by atoms with E-state index in [1.165, 1.54) is 11.1 Å². The zero-order chi connectivity index (χ0) is 12.8. The molecule has 0 bridgehead atoms. The van der Waals surface area contributed by atoms with E-state index in [1.54, 1.807) is 0 Å². The first-order valence-corrected chi connectivity index (χ1v) is 6.32. The lowest BCUT2D eigenvalue weighted by Crippen LogP contribution is -2.15. The minimum atomic E-state index is -0.000164. The number of benzene rings is 2. The fourth-order valence-electron chi connectivity index (χ4n) is 2.02. The monoisotopic (exact) mass is 241 g/mol. The number of nitrogens with two attached hydrogens (primary N) is 1. The van der Waals surface area contributed by atoms with E-state index in [9.17, 15) is 0 Å². The summed E-state index contributed by atoms with van der Waals surface area (Å²) in [6, 6.07) is 18.8. The predicted octanol–water partition coefficient (Wildman–Crippen LogP) is 3.39. The van der Waals surface area contributed by atoms with Crippen LogP contribution in [0, 0.1) is 0 Å². The van der Waals surface area contributed by atoms with Crippen molar-refractivity contribution in [2.75, 3.05) is 13.2 Å². The fraction of sp³-hybridized carbons (Fsp3) is 0.250. The van der Waals surface area contributed by atoms with Crippen LogP contribution in [-0.2, 0) is 4.74 Å². The Labute approximate surface area is 108 Å². The van der Waals surface area contributed by atoms with Gasteiger partial charge in [-0.1, -0.05) is 54.6 Å². The molecule has 2 aromatic carbocycles. The summed E-state index contributed by atoms with van der Waals surface area (Å²) >= 11 is 0. The van der Waals surface area contributed by atoms with Gasteiger partial charge in [-0.3, -0.25) is 0 Å². The van der Waals surface area contributed by atoms with Crippen molar-refractivity contribution in [3.8, 4) is 11.1 Å². The molecule has 2 nitrogen and oxygen atoms in total. The second-order valence-electron chi connectivity index (χ2n) is 4.17. The largest absolute Gasteiger partial charge is 0.372 e. The lowest BCUT2D eigenvalue weighted by molar-refractivity contribution is 0.0689. The zero-order valence-corrected chi connectivity index (χ0v) is 10.7. The third-order valence-electron chi connectivity index (χ3n) is 2.97. The van der Waals surface area contributed by atoms with Crippen LogP contribution in [0.1, 0.15) is 18.6 Å². The molecule has 2 N–H and O–H groups in total. The Bertz CT molecular complexity index is 464. The van der Waals surface area contributed by atoms with Gasteiger partial charge in [-0.25, -0.2) is 0 Å². The van der Waals surface area contributed by atoms with E-state index in [4.69, 9.17) is 10.5 Å². The number of hydrogen-bond donors (Lipinski definition) is 1. The van der Waals surface area contributed by atoms with Crippen molar-refractivity contribution in [2.45, 2.75) is 13.0 Å². The third kappa shape index (κ3) is 2.97. The summed E-state index contributed by atoms with van der Waals surface area (Å²) in [6.07, 6.45) is -0.000164. The second-order valence-corrected chi connectivity index (χ2v) is 4.17. The molecule has 0 saturated heterocycles. The van der Waals surface area contributed by atoms with Crippen LogP contribution in [0.25, 0.3) is 11.1 Å². The number of rotatable bonds is 5. The summed E-state index contributed by atoms with van der Waals surface area (Å²) in [6.45, 7) is 3.18. The molecule has 18 heavy (non-hydrogen) atoms. The van der Waals surface area contributed by atoms with Gasteiger partial charge in [0.1, 0.15) is 0 Å². The Morgan fingerprint density at radius 3 is 2.11 bits per heavy atom. The van der Waals surface area contributed by atoms with Crippen molar-refractivity contribution in [3.63, 3.8) is 0 Å². The van der Waals surface area contributed by atoms with Crippen molar-refractivity contribution in [1.82, 2.24) is 0 Å². The molecular formula is C16H19NO. The van der Waals surface area contributed by atoms with E-state index in [1.807, 2.05) is 25.1 Å². The minimum absolute atomic E-state index is 0.000164. The average Bonchev–Trinajstić information content (AvgIpc) is 2.46. The minimum Gasteiger partial charge on any atom is -0.372 e. The number of ether oxygens (including phenoxy) is 1. The maximum atomic E-state index is 5.72. The Hall–Kier alpha value is -1.64. The van der Waals surface area contributed by atoms with Gasteiger partial charge in [-0.05, 0) is 23.6 Å². The van der Waals surface area contributed by atoms with Gasteiger partial charge >= 0.3 is 0 Å². The van der Waals surface area contributed by atoms with Crippen molar-refractivity contribution < 1.29 is 4.74 Å². The molecule has 0 heterocycles. The summed E-state index contributed by atoms with van der Waals surface area (Å²) in [4.78, 5) is 0. The van der Waals surface area contributed by atoms with Crippen LogP contribution >= 0.6 is 0 Å². The van der Waals surface area contributed by atoms with Crippen molar-refractivity contribution >= 4 is 0 Å². The van der Waals surface area contributed by atoms with Crippen LogP contribution in [0.3, 0.4) is 0 Å². The first kappa shape index (κ1) is 12.8. The first-order valence-electron chi connectivity index (χ1n) is 6.32. The van der Waals surface area contributed by atoms with Crippen LogP contribution < -0.4 is 5.73 Å². The molecule has 2 heteroatoms. The summed E-state index contributed by atoms with van der Waals surface area (Å²) in [5.41, 5.74) is 9.29. The third-order valence-corrected chi connectivity index (χ3v) is 2.97. The lowest BCUT2D eigenvalue weighted by atomic mass is 10.0. The van der Waals surface area contributed by atoms with Gasteiger partial charge < -0.3 is 10.5 Å². The highest BCUT2D eigenvalue weighted by atomic mass is 16.5. The Morgan fingerprint density at radius 2 is 1.56 bits per heavy atom. The highest BCUT2D eigenvalue weighted by Gasteiger charge is 2.08. The second kappa shape index (κ2) is 6.34. The summed E-state index contributed by atoms with van der Waals surface area (Å²) in [5, 5.41) is 0. The van der Waals surface area contributed by atoms with Crippen LogP contribution in [0.5, 0.6) is 0 Å². The van der Waals surface area contributed by atoms with Gasteiger partial charge in [-0.15, -0.1) is 0 Å². The Morgan fingerprint density at radius 1 is 0.944 bits per heavy atom. The van der Waals surface area contributed by atoms with Crippen molar-refractivity contribution in [2.24, 2.45) is 5.73 Å². The zero-order valence-electron chi connectivity index (χ0n) is 10.7. The highest BCUT2D eigenvalue weighted by Crippen LogP contribution is 2.22. The Kier molecular flexibility index (Phi) is 4.51. The Balaban J connectivity index is 2.19. The van der Waals surface area contributed by atoms with E-state index >= 15 is 0 Å². The van der Waals surface area contributed by atoms with E-state index in [-0.39, 0.29) is 6.10 Å². The van der Waals surface area contributed by atoms with Crippen LogP contribution in [0.15, 0.2) is 54.6 Å². The van der Waals surface area contributed by atoms with Gasteiger partial charge in [0, 0.05) is 13.2 Å². The molecular weight excluding hydrogens is 222 g/mol. The van der Waals surface area contributed by atoms with E-state index in [0.29, 0.717) is 13.2 Å². The molecule has 2 rings (SSSR count). The molecule has 2 aromatic rings. The summed E-state index contributed by atoms with van der Waals surface area (Å²) in [5.74, 6) is 0. The maximum Gasteiger partial charge on any atom is 0.0946 e. The standard InChI is InChI=1S/C16H19NO/c1-2-18-16(12-17)15-10-8-14(9-11-15)13-6-4-3-5-7-13/h3-11,16H,2,12,17H2,1H3. The molecule has 0 fully saturated rings. The predicted molar refractivity (Wildman–Crippen MR) is 75.3 cm³/mol. The van der Waals surface area contributed by atoms with Crippen LogP contribution in [0.4, 0.5) is 0 Å². The molecule has 1 atom stereocenters.